The van der Waals surface area contributed by atoms with Gasteiger partial charge >= 0.3 is 47.8 Å². The highest BCUT2D eigenvalue weighted by Crippen LogP contribution is 2.69. The number of benzene rings is 1. The van der Waals surface area contributed by atoms with Crippen LogP contribution < -0.4 is 0 Å². The zero-order valence-electron chi connectivity index (χ0n) is 35.2. The Labute approximate surface area is 351 Å². The largest absolute Gasteiger partial charge is 0.465 e. The lowest BCUT2D eigenvalue weighted by molar-refractivity contribution is -0.348. The number of hydrogen-bond donors (Lipinski definition) is 0. The maximum atomic E-state index is 14.5. The molecule has 328 valence electrons. The smallest absolute Gasteiger partial charge is 0.340 e. The molecule has 0 amide bonds. The molecule has 18 heteroatoms. The average molecular weight is 852 g/mol. The SMILES string of the molecule is CC(=O)OCC12C(OC(=O)c3ccccc3)C(OC(C)=O)C3OC(=O)C(C)C(C)c4ncccc4C(=O)OCC4(C)OC1(C3C)C(OC(C)=O)C4C(OC(C)=O)C2OC(C)=O. The molecule has 4 aliphatic rings. The number of rotatable bonds is 8. The van der Waals surface area contributed by atoms with E-state index in [1.54, 1.807) is 25.1 Å². The normalized spacial score (nSPS) is 35.2. The van der Waals surface area contributed by atoms with Crippen LogP contribution in [0.3, 0.4) is 0 Å². The molecule has 2 aliphatic heterocycles. The number of cyclic esters (lactones) is 1. The van der Waals surface area contributed by atoms with Crippen molar-refractivity contribution in [1.29, 1.82) is 0 Å². The minimum Gasteiger partial charge on any atom is -0.465 e. The number of pyridine rings is 1. The number of hydrogen-bond acceptors (Lipinski definition) is 18. The fourth-order valence-electron chi connectivity index (χ4n) is 9.82. The van der Waals surface area contributed by atoms with Crippen LogP contribution in [0.25, 0.3) is 0 Å². The standard InChI is InChI=1S/C43H49NO17/c1-20-21(2)38(50)59-32-22(3)43-35(57-26(7)48)30(41(9,61-43)18-54-40(52)29-16-13-17-44-31(20)29)33(55-24(5)46)36(58-27(8)49)42(43,19-53-23(4)45)37(34(32)56-25(6)47)60-39(51)28-14-11-10-12-15-28/h10-17,20-22,30,32-37H,18-19H2,1-9H3. The second-order valence-electron chi connectivity index (χ2n) is 16.2. The van der Waals surface area contributed by atoms with Crippen molar-refractivity contribution in [2.75, 3.05) is 13.2 Å². The summed E-state index contributed by atoms with van der Waals surface area (Å²) in [6.45, 7) is 9.99. The number of carbonyl (C=O) groups is 8. The summed E-state index contributed by atoms with van der Waals surface area (Å²) in [5.41, 5.74) is -6.37. The van der Waals surface area contributed by atoms with E-state index in [2.05, 4.69) is 4.98 Å². The van der Waals surface area contributed by atoms with Gasteiger partial charge in [-0.05, 0) is 31.2 Å². The van der Waals surface area contributed by atoms with Gasteiger partial charge in [0.15, 0.2) is 18.3 Å². The van der Waals surface area contributed by atoms with Crippen LogP contribution in [0.4, 0.5) is 0 Å². The van der Waals surface area contributed by atoms with Crippen LogP contribution in [-0.2, 0) is 71.4 Å². The van der Waals surface area contributed by atoms with Gasteiger partial charge in [-0.1, -0.05) is 39.0 Å². The van der Waals surface area contributed by atoms with Gasteiger partial charge < -0.3 is 42.6 Å². The lowest BCUT2D eigenvalue weighted by Gasteiger charge is -2.65. The van der Waals surface area contributed by atoms with Crippen molar-refractivity contribution in [3.63, 3.8) is 0 Å². The summed E-state index contributed by atoms with van der Waals surface area (Å²) < 4.78 is 56.2. The number of ether oxygens (including phenoxy) is 9. The minimum absolute atomic E-state index is 0.00347. The Morgan fingerprint density at radius 1 is 0.721 bits per heavy atom. The number of esters is 8. The fourth-order valence-corrected chi connectivity index (χ4v) is 9.82. The summed E-state index contributed by atoms with van der Waals surface area (Å²) in [5.74, 6) is -12.0. The quantitative estimate of drug-likeness (QED) is 0.274. The van der Waals surface area contributed by atoms with E-state index in [-0.39, 0.29) is 16.8 Å². The van der Waals surface area contributed by atoms with Gasteiger partial charge in [0, 0.05) is 52.7 Å². The van der Waals surface area contributed by atoms with Crippen molar-refractivity contribution in [1.82, 2.24) is 4.98 Å². The highest BCUT2D eigenvalue weighted by Gasteiger charge is 2.88. The molecule has 1 aromatic heterocycles. The van der Waals surface area contributed by atoms with Gasteiger partial charge in [-0.3, -0.25) is 33.8 Å². The summed E-state index contributed by atoms with van der Waals surface area (Å²) in [5, 5.41) is 0. The highest BCUT2D eigenvalue weighted by molar-refractivity contribution is 5.91. The van der Waals surface area contributed by atoms with E-state index >= 15 is 0 Å². The predicted molar refractivity (Wildman–Crippen MR) is 204 cm³/mol. The van der Waals surface area contributed by atoms with Crippen LogP contribution in [0.15, 0.2) is 48.7 Å². The summed E-state index contributed by atoms with van der Waals surface area (Å²) in [7, 11) is 0. The molecule has 0 radical (unpaired) electrons. The van der Waals surface area contributed by atoms with Gasteiger partial charge in [0.05, 0.1) is 28.7 Å². The Morgan fingerprint density at radius 2 is 1.31 bits per heavy atom. The van der Waals surface area contributed by atoms with Crippen molar-refractivity contribution in [2.24, 2.45) is 23.2 Å². The minimum atomic E-state index is -2.39. The fraction of sp³-hybridized carbons (Fsp3) is 0.558. The highest BCUT2D eigenvalue weighted by atomic mass is 16.7. The third-order valence-electron chi connectivity index (χ3n) is 12.3. The molecular weight excluding hydrogens is 802 g/mol. The van der Waals surface area contributed by atoms with Gasteiger partial charge in [-0.25, -0.2) is 9.59 Å². The van der Waals surface area contributed by atoms with E-state index < -0.39 is 138 Å². The molecule has 18 nitrogen and oxygen atoms in total. The molecular formula is C43H49NO17. The Balaban J connectivity index is 1.77. The van der Waals surface area contributed by atoms with E-state index in [1.165, 1.54) is 51.2 Å². The summed E-state index contributed by atoms with van der Waals surface area (Å²) in [6, 6.07) is 10.6. The van der Waals surface area contributed by atoms with Gasteiger partial charge in [-0.2, -0.15) is 0 Å². The summed E-state index contributed by atoms with van der Waals surface area (Å²) in [4.78, 5) is 114. The topological polar surface area (TPSA) is 233 Å². The molecule has 13 atom stereocenters. The van der Waals surface area contributed by atoms with E-state index in [1.807, 2.05) is 0 Å². The predicted octanol–water partition coefficient (Wildman–Crippen LogP) is 3.21. The zero-order chi connectivity index (χ0) is 44.8. The molecule has 2 saturated carbocycles. The lowest BCUT2D eigenvalue weighted by Crippen LogP contribution is -2.84. The maximum absolute atomic E-state index is 14.5. The van der Waals surface area contributed by atoms with Crippen LogP contribution in [0, 0.1) is 23.2 Å². The first kappa shape index (κ1) is 44.6. The number of nitrogens with zero attached hydrogens (tertiary/aromatic N) is 1. The Bertz CT molecular complexity index is 2110. The number of carbonyl (C=O) groups excluding carboxylic acids is 8. The van der Waals surface area contributed by atoms with Crippen molar-refractivity contribution in [3.8, 4) is 0 Å². The van der Waals surface area contributed by atoms with Gasteiger partial charge in [-0.15, -0.1) is 0 Å². The summed E-state index contributed by atoms with van der Waals surface area (Å²) in [6.07, 6.45) is -9.25. The van der Waals surface area contributed by atoms with Crippen LogP contribution in [0.2, 0.25) is 0 Å². The zero-order valence-corrected chi connectivity index (χ0v) is 35.2. The van der Waals surface area contributed by atoms with Crippen LogP contribution >= 0.6 is 0 Å². The lowest BCUT2D eigenvalue weighted by atomic mass is 9.46. The molecule has 1 aromatic carbocycles. The monoisotopic (exact) mass is 851 g/mol. The van der Waals surface area contributed by atoms with Gasteiger partial charge in [0.2, 0.25) is 0 Å². The molecule has 2 aliphatic carbocycles. The molecule has 0 N–H and O–H groups in total. The third-order valence-corrected chi connectivity index (χ3v) is 12.3. The first-order valence-corrected chi connectivity index (χ1v) is 19.8. The number of aromatic nitrogens is 1. The van der Waals surface area contributed by atoms with Crippen molar-refractivity contribution >= 4 is 47.8 Å². The molecule has 4 bridgehead atoms. The molecule has 61 heavy (non-hydrogen) atoms. The molecule has 1 spiro atoms. The molecule has 6 rings (SSSR count). The number of fused-ring (bicyclic) bond motifs is 5. The summed E-state index contributed by atoms with van der Waals surface area (Å²) >= 11 is 0. The van der Waals surface area contributed by atoms with E-state index in [0.717, 1.165) is 34.6 Å². The van der Waals surface area contributed by atoms with E-state index in [0.29, 0.717) is 0 Å². The van der Waals surface area contributed by atoms with Crippen molar-refractivity contribution < 1.29 is 81.0 Å². The second kappa shape index (κ2) is 16.9. The first-order valence-electron chi connectivity index (χ1n) is 19.8. The van der Waals surface area contributed by atoms with E-state index in [9.17, 15) is 38.4 Å². The van der Waals surface area contributed by atoms with Crippen LogP contribution in [0.1, 0.15) is 94.6 Å². The van der Waals surface area contributed by atoms with E-state index in [4.69, 9.17) is 42.6 Å². The average Bonchev–Trinajstić information content (AvgIpc) is 3.41. The molecule has 3 fully saturated rings. The Kier molecular flexibility index (Phi) is 12.3. The molecule has 3 heterocycles. The van der Waals surface area contributed by atoms with Gasteiger partial charge in [0.1, 0.15) is 48.1 Å². The maximum Gasteiger partial charge on any atom is 0.340 e. The second-order valence-corrected chi connectivity index (χ2v) is 16.2. The first-order chi connectivity index (χ1) is 28.7. The van der Waals surface area contributed by atoms with Crippen molar-refractivity contribution in [2.45, 2.75) is 116 Å². The Hall–Kier alpha value is -5.91. The van der Waals surface area contributed by atoms with Gasteiger partial charge in [0.25, 0.3) is 0 Å². The molecule has 2 aromatic rings. The van der Waals surface area contributed by atoms with Crippen LogP contribution in [0.5, 0.6) is 0 Å². The van der Waals surface area contributed by atoms with Crippen LogP contribution in [-0.4, -0.2) is 114 Å². The molecule has 1 saturated heterocycles. The third kappa shape index (κ3) is 7.70. The van der Waals surface area contributed by atoms with Crippen molar-refractivity contribution in [3.05, 3.63) is 65.5 Å². The Morgan fingerprint density at radius 3 is 1.92 bits per heavy atom. The molecule has 13 unspecified atom stereocenters.